The van der Waals surface area contributed by atoms with Crippen LogP contribution >= 0.6 is 0 Å². The van der Waals surface area contributed by atoms with Crippen molar-refractivity contribution in [2.24, 2.45) is 5.92 Å². The van der Waals surface area contributed by atoms with Crippen LogP contribution in [-0.4, -0.2) is 61.0 Å². The third-order valence-electron chi connectivity index (χ3n) is 5.41. The van der Waals surface area contributed by atoms with E-state index in [9.17, 15) is 14.0 Å². The van der Waals surface area contributed by atoms with E-state index < -0.39 is 5.82 Å². The molecule has 1 aromatic heterocycles. The Morgan fingerprint density at radius 3 is 2.36 bits per heavy atom. The number of ether oxygens (including phenoxy) is 1. The zero-order valence-electron chi connectivity index (χ0n) is 15.6. The molecule has 28 heavy (non-hydrogen) atoms. The Morgan fingerprint density at radius 2 is 1.64 bits per heavy atom. The van der Waals surface area contributed by atoms with E-state index in [2.05, 4.69) is 0 Å². The molecule has 2 saturated heterocycles. The van der Waals surface area contributed by atoms with Crippen molar-refractivity contribution in [3.05, 3.63) is 48.0 Å². The molecule has 6 nitrogen and oxygen atoms in total. The van der Waals surface area contributed by atoms with Crippen LogP contribution in [0.3, 0.4) is 0 Å². The van der Waals surface area contributed by atoms with Crippen LogP contribution in [0.15, 0.2) is 40.8 Å². The molecule has 2 aromatic rings. The zero-order chi connectivity index (χ0) is 19.5. The highest BCUT2D eigenvalue weighted by atomic mass is 19.1. The van der Waals surface area contributed by atoms with Gasteiger partial charge in [-0.15, -0.1) is 0 Å². The third-order valence-corrected chi connectivity index (χ3v) is 5.41. The quantitative estimate of drug-likeness (QED) is 0.814. The molecular weight excluding hydrogens is 363 g/mol. The Bertz CT molecular complexity index is 852. The molecule has 0 aliphatic carbocycles. The molecule has 3 heterocycles. The minimum absolute atomic E-state index is 0.0484. The highest BCUT2D eigenvalue weighted by Crippen LogP contribution is 2.27. The molecule has 0 N–H and O–H groups in total. The van der Waals surface area contributed by atoms with Crippen LogP contribution in [0, 0.1) is 11.7 Å². The number of carbonyl (C=O) groups is 2. The molecule has 2 aliphatic rings. The fraction of sp³-hybridized carbons (Fsp3) is 0.429. The molecular formula is C21H23FN2O4. The van der Waals surface area contributed by atoms with E-state index in [1.165, 1.54) is 6.07 Å². The fourth-order valence-electron chi connectivity index (χ4n) is 3.79. The van der Waals surface area contributed by atoms with Crippen LogP contribution in [0.1, 0.15) is 23.4 Å². The fourth-order valence-corrected chi connectivity index (χ4v) is 3.79. The van der Waals surface area contributed by atoms with Crippen molar-refractivity contribution in [3.8, 4) is 11.3 Å². The second-order valence-electron chi connectivity index (χ2n) is 7.15. The molecule has 0 spiro atoms. The van der Waals surface area contributed by atoms with E-state index in [1.54, 1.807) is 35.2 Å². The lowest BCUT2D eigenvalue weighted by Crippen LogP contribution is -2.47. The summed E-state index contributed by atoms with van der Waals surface area (Å²) in [5.41, 5.74) is 0.330. The summed E-state index contributed by atoms with van der Waals surface area (Å²) in [6.07, 6.45) is 1.28. The number of rotatable bonds is 3. The van der Waals surface area contributed by atoms with E-state index in [4.69, 9.17) is 9.15 Å². The first-order chi connectivity index (χ1) is 13.6. The second kappa shape index (κ2) is 8.14. The van der Waals surface area contributed by atoms with Crippen molar-refractivity contribution in [3.63, 3.8) is 0 Å². The van der Waals surface area contributed by atoms with Gasteiger partial charge in [0.05, 0.1) is 18.8 Å². The number of furan rings is 1. The van der Waals surface area contributed by atoms with Gasteiger partial charge in [-0.2, -0.15) is 0 Å². The molecule has 148 valence electrons. The Labute approximate surface area is 162 Å². The first-order valence-electron chi connectivity index (χ1n) is 9.64. The van der Waals surface area contributed by atoms with Gasteiger partial charge in [-0.1, -0.05) is 12.1 Å². The maximum Gasteiger partial charge on any atom is 0.289 e. The predicted octanol–water partition coefficient (Wildman–Crippen LogP) is 2.80. The number of halogens is 1. The minimum atomic E-state index is -0.390. The maximum atomic E-state index is 13.9. The van der Waals surface area contributed by atoms with Crippen molar-refractivity contribution in [1.82, 2.24) is 9.80 Å². The summed E-state index contributed by atoms with van der Waals surface area (Å²) in [6, 6.07) is 9.49. The summed E-state index contributed by atoms with van der Waals surface area (Å²) in [5.74, 6) is 0.0242. The minimum Gasteiger partial charge on any atom is -0.451 e. The Morgan fingerprint density at radius 1 is 0.929 bits per heavy atom. The standard InChI is InChI=1S/C21H23FN2O4/c22-17-4-2-1-3-16(17)18-5-6-19(28-18)21(26)23-9-7-15(8-10-23)20(25)24-11-13-27-14-12-24/h1-6,15H,7-14H2. The van der Waals surface area contributed by atoms with E-state index in [0.717, 1.165) is 0 Å². The molecule has 2 amide bonds. The number of piperidine rings is 1. The van der Waals surface area contributed by atoms with Crippen LogP contribution < -0.4 is 0 Å². The summed E-state index contributed by atoms with van der Waals surface area (Å²) in [5, 5.41) is 0. The average Bonchev–Trinajstić information content (AvgIpc) is 3.24. The van der Waals surface area contributed by atoms with Gasteiger partial charge in [0.2, 0.25) is 5.91 Å². The Hall–Kier alpha value is -2.67. The lowest BCUT2D eigenvalue weighted by atomic mass is 9.95. The van der Waals surface area contributed by atoms with Gasteiger partial charge < -0.3 is 19.0 Å². The van der Waals surface area contributed by atoms with Gasteiger partial charge in [0.15, 0.2) is 5.76 Å². The SMILES string of the molecule is O=C(c1ccc(-c2ccccc2F)o1)N1CCC(C(=O)N2CCOCC2)CC1. The number of hydrogen-bond donors (Lipinski definition) is 0. The average molecular weight is 386 g/mol. The molecule has 2 aliphatic heterocycles. The van der Waals surface area contributed by atoms with E-state index in [-0.39, 0.29) is 23.5 Å². The van der Waals surface area contributed by atoms with Crippen LogP contribution in [0.25, 0.3) is 11.3 Å². The number of amides is 2. The maximum absolute atomic E-state index is 13.9. The predicted molar refractivity (Wildman–Crippen MR) is 100 cm³/mol. The van der Waals surface area contributed by atoms with Crippen LogP contribution in [0.5, 0.6) is 0 Å². The lowest BCUT2D eigenvalue weighted by molar-refractivity contribution is -0.141. The topological polar surface area (TPSA) is 63.0 Å². The summed E-state index contributed by atoms with van der Waals surface area (Å²) >= 11 is 0. The second-order valence-corrected chi connectivity index (χ2v) is 7.15. The van der Waals surface area contributed by atoms with Gasteiger partial charge in [0, 0.05) is 32.1 Å². The van der Waals surface area contributed by atoms with Crippen LogP contribution in [-0.2, 0) is 9.53 Å². The Kier molecular flexibility index (Phi) is 5.43. The number of carbonyl (C=O) groups excluding carboxylic acids is 2. The summed E-state index contributed by atoms with van der Waals surface area (Å²) in [7, 11) is 0. The van der Waals surface area contributed by atoms with Gasteiger partial charge in [-0.3, -0.25) is 9.59 Å². The number of morpholine rings is 1. The highest BCUT2D eigenvalue weighted by Gasteiger charge is 2.32. The molecule has 4 rings (SSSR count). The molecule has 7 heteroatoms. The van der Waals surface area contributed by atoms with Gasteiger partial charge in [0.1, 0.15) is 11.6 Å². The molecule has 1 aromatic carbocycles. The van der Waals surface area contributed by atoms with Crippen molar-refractivity contribution in [2.45, 2.75) is 12.8 Å². The molecule has 0 saturated carbocycles. The van der Waals surface area contributed by atoms with Crippen LogP contribution in [0.4, 0.5) is 4.39 Å². The monoisotopic (exact) mass is 386 g/mol. The molecule has 0 bridgehead atoms. The summed E-state index contributed by atoms with van der Waals surface area (Å²) in [6.45, 7) is 3.48. The van der Waals surface area contributed by atoms with Crippen molar-refractivity contribution in [1.29, 1.82) is 0 Å². The van der Waals surface area contributed by atoms with Crippen molar-refractivity contribution >= 4 is 11.8 Å². The number of hydrogen-bond acceptors (Lipinski definition) is 4. The molecule has 0 atom stereocenters. The molecule has 0 unspecified atom stereocenters. The highest BCUT2D eigenvalue weighted by molar-refractivity contribution is 5.92. The summed E-state index contributed by atoms with van der Waals surface area (Å²) < 4.78 is 24.8. The van der Waals surface area contributed by atoms with Gasteiger partial charge in [-0.25, -0.2) is 4.39 Å². The van der Waals surface area contributed by atoms with E-state index >= 15 is 0 Å². The van der Waals surface area contributed by atoms with E-state index in [1.807, 2.05) is 4.90 Å². The van der Waals surface area contributed by atoms with E-state index in [0.29, 0.717) is 63.6 Å². The molecule has 2 fully saturated rings. The smallest absolute Gasteiger partial charge is 0.289 e. The van der Waals surface area contributed by atoms with Crippen molar-refractivity contribution in [2.75, 3.05) is 39.4 Å². The largest absolute Gasteiger partial charge is 0.451 e. The van der Waals surface area contributed by atoms with Gasteiger partial charge >= 0.3 is 0 Å². The Balaban J connectivity index is 1.37. The number of benzene rings is 1. The van der Waals surface area contributed by atoms with Gasteiger partial charge in [0.25, 0.3) is 5.91 Å². The third kappa shape index (κ3) is 3.80. The number of likely N-dealkylation sites (tertiary alicyclic amines) is 1. The normalized spacial score (nSPS) is 18.3. The van der Waals surface area contributed by atoms with Crippen molar-refractivity contribution < 1.29 is 23.1 Å². The summed E-state index contributed by atoms with van der Waals surface area (Å²) in [4.78, 5) is 28.9. The first-order valence-corrected chi connectivity index (χ1v) is 9.64. The lowest BCUT2D eigenvalue weighted by Gasteiger charge is -2.35. The molecule has 0 radical (unpaired) electrons. The van der Waals surface area contributed by atoms with Gasteiger partial charge in [-0.05, 0) is 37.1 Å². The first kappa shape index (κ1) is 18.7. The zero-order valence-corrected chi connectivity index (χ0v) is 15.6. The van der Waals surface area contributed by atoms with Crippen LogP contribution in [0.2, 0.25) is 0 Å². The number of nitrogens with zero attached hydrogens (tertiary/aromatic N) is 2.